The Bertz CT molecular complexity index is 426. The van der Waals surface area contributed by atoms with E-state index in [0.29, 0.717) is 19.6 Å². The Morgan fingerprint density at radius 3 is 2.85 bits per heavy atom. The minimum Gasteiger partial charge on any atom is -0.449 e. The monoisotopic (exact) mass is 283 g/mol. The zero-order valence-corrected chi connectivity index (χ0v) is 11.7. The van der Waals surface area contributed by atoms with Crippen LogP contribution in [-0.4, -0.2) is 48.5 Å². The Hall–Kier alpha value is -1.79. The fourth-order valence-corrected chi connectivity index (χ4v) is 2.88. The third-order valence-electron chi connectivity index (χ3n) is 4.09. The molecule has 2 fully saturated rings. The van der Waals surface area contributed by atoms with E-state index in [2.05, 4.69) is 5.32 Å². The number of likely N-dealkylation sites (tertiary alicyclic amines) is 1. The van der Waals surface area contributed by atoms with E-state index in [-0.39, 0.29) is 18.9 Å². The lowest BCUT2D eigenvalue weighted by molar-refractivity contribution is -0.127. The highest BCUT2D eigenvalue weighted by Gasteiger charge is 2.54. The average Bonchev–Trinajstić information content (AvgIpc) is 2.96. The van der Waals surface area contributed by atoms with Gasteiger partial charge in [0.25, 0.3) is 0 Å². The zero-order valence-electron chi connectivity index (χ0n) is 11.7. The first-order valence-corrected chi connectivity index (χ1v) is 7.01. The maximum atomic E-state index is 12.0. The Morgan fingerprint density at radius 2 is 2.30 bits per heavy atom. The molecule has 0 saturated carbocycles. The number of primary amides is 1. The first-order valence-electron chi connectivity index (χ1n) is 7.01. The predicted octanol–water partition coefficient (Wildman–Crippen LogP) is -0.0110. The average molecular weight is 283 g/mol. The van der Waals surface area contributed by atoms with Crippen LogP contribution in [0, 0.1) is 5.41 Å². The van der Waals surface area contributed by atoms with Crippen LogP contribution in [0.1, 0.15) is 32.6 Å². The second-order valence-electron chi connectivity index (χ2n) is 5.50. The molecule has 2 saturated heterocycles. The van der Waals surface area contributed by atoms with Gasteiger partial charge >= 0.3 is 6.09 Å². The standard InChI is InChI=1S/C13H21N3O4/c1-2-3-6-20-12(19)16-8-13(4-5-15-11(13)18)7-9(16)10(14)17/h9H,2-8H2,1H3,(H2,14,17)(H,15,18)/t9-,13-/m0/s1. The number of hydrogen-bond acceptors (Lipinski definition) is 4. The highest BCUT2D eigenvalue weighted by molar-refractivity contribution is 5.91. The maximum absolute atomic E-state index is 12.0. The zero-order chi connectivity index (χ0) is 14.8. The summed E-state index contributed by atoms with van der Waals surface area (Å²) in [6.07, 6.45) is 2.04. The summed E-state index contributed by atoms with van der Waals surface area (Å²) < 4.78 is 5.13. The fourth-order valence-electron chi connectivity index (χ4n) is 2.88. The fraction of sp³-hybridized carbons (Fsp3) is 0.769. The van der Waals surface area contributed by atoms with Gasteiger partial charge in [0.05, 0.1) is 12.0 Å². The van der Waals surface area contributed by atoms with Gasteiger partial charge in [-0.25, -0.2) is 4.79 Å². The van der Waals surface area contributed by atoms with Crippen LogP contribution in [0.15, 0.2) is 0 Å². The number of nitrogens with zero attached hydrogens (tertiary/aromatic N) is 1. The van der Waals surface area contributed by atoms with E-state index in [1.165, 1.54) is 4.90 Å². The summed E-state index contributed by atoms with van der Waals surface area (Å²) in [6.45, 7) is 3.09. The van der Waals surface area contributed by atoms with Gasteiger partial charge in [-0.1, -0.05) is 13.3 Å². The van der Waals surface area contributed by atoms with Crippen LogP contribution in [0.5, 0.6) is 0 Å². The molecular formula is C13H21N3O4. The lowest BCUT2D eigenvalue weighted by atomic mass is 9.84. The Labute approximate surface area is 117 Å². The minimum absolute atomic E-state index is 0.104. The van der Waals surface area contributed by atoms with Crippen molar-refractivity contribution in [2.75, 3.05) is 19.7 Å². The van der Waals surface area contributed by atoms with Crippen LogP contribution in [0.25, 0.3) is 0 Å². The van der Waals surface area contributed by atoms with E-state index >= 15 is 0 Å². The van der Waals surface area contributed by atoms with Crippen molar-refractivity contribution in [1.82, 2.24) is 10.2 Å². The van der Waals surface area contributed by atoms with Gasteiger partial charge in [0.1, 0.15) is 6.04 Å². The number of unbranched alkanes of at least 4 members (excludes halogenated alkanes) is 1. The number of carbonyl (C=O) groups excluding carboxylic acids is 3. The third kappa shape index (κ3) is 2.57. The lowest BCUT2D eigenvalue weighted by Crippen LogP contribution is -2.44. The quantitative estimate of drug-likeness (QED) is 0.708. The van der Waals surface area contributed by atoms with Gasteiger partial charge in [-0.3, -0.25) is 14.5 Å². The summed E-state index contributed by atoms with van der Waals surface area (Å²) >= 11 is 0. The van der Waals surface area contributed by atoms with Crippen LogP contribution >= 0.6 is 0 Å². The van der Waals surface area contributed by atoms with E-state index in [9.17, 15) is 14.4 Å². The molecule has 0 bridgehead atoms. The highest BCUT2D eigenvalue weighted by atomic mass is 16.6. The van der Waals surface area contributed by atoms with Crippen molar-refractivity contribution >= 4 is 17.9 Å². The molecule has 1 spiro atoms. The molecule has 0 aromatic heterocycles. The molecule has 0 aromatic rings. The van der Waals surface area contributed by atoms with Gasteiger partial charge in [0.15, 0.2) is 0 Å². The second-order valence-corrected chi connectivity index (χ2v) is 5.50. The summed E-state index contributed by atoms with van der Waals surface area (Å²) in [5.41, 5.74) is 4.68. The van der Waals surface area contributed by atoms with E-state index in [1.807, 2.05) is 6.92 Å². The van der Waals surface area contributed by atoms with Crippen LogP contribution in [0.3, 0.4) is 0 Å². The smallest absolute Gasteiger partial charge is 0.410 e. The van der Waals surface area contributed by atoms with Crippen LogP contribution in [0.4, 0.5) is 4.79 Å². The van der Waals surface area contributed by atoms with Crippen molar-refractivity contribution in [3.05, 3.63) is 0 Å². The molecular weight excluding hydrogens is 262 g/mol. The number of carbonyl (C=O) groups is 3. The van der Waals surface area contributed by atoms with Crippen LogP contribution < -0.4 is 11.1 Å². The number of nitrogens with one attached hydrogen (secondary N) is 1. The van der Waals surface area contributed by atoms with Crippen molar-refractivity contribution in [1.29, 1.82) is 0 Å². The predicted molar refractivity (Wildman–Crippen MR) is 70.6 cm³/mol. The van der Waals surface area contributed by atoms with Gasteiger partial charge in [-0.2, -0.15) is 0 Å². The number of rotatable bonds is 4. The minimum atomic E-state index is -0.757. The number of hydrogen-bond donors (Lipinski definition) is 2. The van der Waals surface area contributed by atoms with Crippen LogP contribution in [0.2, 0.25) is 0 Å². The van der Waals surface area contributed by atoms with Gasteiger partial charge < -0.3 is 15.8 Å². The van der Waals surface area contributed by atoms with Gasteiger partial charge in [0, 0.05) is 13.1 Å². The molecule has 7 nitrogen and oxygen atoms in total. The van der Waals surface area contributed by atoms with Gasteiger partial charge in [-0.05, 0) is 19.3 Å². The van der Waals surface area contributed by atoms with E-state index in [1.54, 1.807) is 0 Å². The topological polar surface area (TPSA) is 102 Å². The molecule has 0 aliphatic carbocycles. The van der Waals surface area contributed by atoms with Crippen molar-refractivity contribution in [3.8, 4) is 0 Å². The van der Waals surface area contributed by atoms with Crippen molar-refractivity contribution in [2.24, 2.45) is 11.1 Å². The molecule has 2 aliphatic rings. The van der Waals surface area contributed by atoms with Crippen molar-refractivity contribution < 1.29 is 19.1 Å². The summed E-state index contributed by atoms with van der Waals surface area (Å²) in [5, 5.41) is 2.75. The number of amides is 3. The van der Waals surface area contributed by atoms with Crippen molar-refractivity contribution in [3.63, 3.8) is 0 Å². The number of nitrogens with two attached hydrogens (primary N) is 1. The first kappa shape index (κ1) is 14.6. The molecule has 3 N–H and O–H groups in total. The largest absolute Gasteiger partial charge is 0.449 e. The SMILES string of the molecule is CCCCOC(=O)N1C[C@]2(CCNC2=O)C[C@H]1C(N)=O. The normalized spacial score (nSPS) is 28.8. The first-order chi connectivity index (χ1) is 9.50. The maximum Gasteiger partial charge on any atom is 0.410 e. The number of ether oxygens (including phenoxy) is 1. The molecule has 0 radical (unpaired) electrons. The summed E-state index contributed by atoms with van der Waals surface area (Å²) in [5.74, 6) is -0.693. The molecule has 2 rings (SSSR count). The molecule has 0 unspecified atom stereocenters. The van der Waals surface area contributed by atoms with Gasteiger partial charge in [-0.15, -0.1) is 0 Å². The molecule has 20 heavy (non-hydrogen) atoms. The van der Waals surface area contributed by atoms with Gasteiger partial charge in [0.2, 0.25) is 11.8 Å². The highest BCUT2D eigenvalue weighted by Crippen LogP contribution is 2.40. The third-order valence-corrected chi connectivity index (χ3v) is 4.09. The molecule has 3 amide bonds. The van der Waals surface area contributed by atoms with Crippen LogP contribution in [-0.2, 0) is 14.3 Å². The lowest BCUT2D eigenvalue weighted by Gasteiger charge is -2.22. The van der Waals surface area contributed by atoms with Crippen molar-refractivity contribution in [2.45, 2.75) is 38.6 Å². The molecule has 2 heterocycles. The Balaban J connectivity index is 2.08. The Kier molecular flexibility index (Phi) is 4.15. The molecule has 0 aromatic carbocycles. The van der Waals surface area contributed by atoms with E-state index in [4.69, 9.17) is 10.5 Å². The molecule has 2 atom stereocenters. The van der Waals surface area contributed by atoms with E-state index in [0.717, 1.165) is 12.8 Å². The molecule has 2 aliphatic heterocycles. The summed E-state index contributed by atoms with van der Waals surface area (Å²) in [6, 6.07) is -0.757. The second kappa shape index (κ2) is 5.68. The molecule has 112 valence electrons. The summed E-state index contributed by atoms with van der Waals surface area (Å²) in [7, 11) is 0. The van der Waals surface area contributed by atoms with E-state index < -0.39 is 23.5 Å². The molecule has 7 heteroatoms. The summed E-state index contributed by atoms with van der Waals surface area (Å²) in [4.78, 5) is 36.8. The Morgan fingerprint density at radius 1 is 1.55 bits per heavy atom.